The van der Waals surface area contributed by atoms with E-state index >= 15 is 0 Å². The summed E-state index contributed by atoms with van der Waals surface area (Å²) in [7, 11) is -3.57. The van der Waals surface area contributed by atoms with Gasteiger partial charge in [0.2, 0.25) is 21.8 Å². The Morgan fingerprint density at radius 1 is 1.10 bits per heavy atom. The summed E-state index contributed by atoms with van der Waals surface area (Å²) in [6.45, 7) is 10.2. The molecule has 8 nitrogen and oxygen atoms in total. The third-order valence-corrected chi connectivity index (χ3v) is 7.64. The van der Waals surface area contributed by atoms with Gasteiger partial charge in [-0.1, -0.05) is 13.8 Å². The molecular weight excluding hydrogens is 416 g/mol. The Balaban J connectivity index is 1.77. The van der Waals surface area contributed by atoms with E-state index < -0.39 is 10.0 Å². The molecule has 1 saturated heterocycles. The fourth-order valence-corrected chi connectivity index (χ4v) is 5.29. The van der Waals surface area contributed by atoms with Crippen molar-refractivity contribution >= 4 is 27.5 Å². The van der Waals surface area contributed by atoms with Crippen LogP contribution in [-0.2, 0) is 19.6 Å². The number of hydrogen-bond acceptors (Lipinski definition) is 5. The minimum Gasteiger partial charge on any atom is -0.356 e. The first-order chi connectivity index (χ1) is 14.8. The molecule has 2 N–H and O–H groups in total. The predicted octanol–water partition coefficient (Wildman–Crippen LogP) is 2.28. The standard InChI is InChI=1S/C22H36N4O4S/c1-4-25(5-2)14-6-13-23-22(28)17-19-11-15-26(16-12-19)31(29,30)21-9-7-20(8-10-21)24-18(3)27/h7-10,19H,4-6,11-17H2,1-3H3,(H,23,28)(H,24,27). The Morgan fingerprint density at radius 3 is 2.26 bits per heavy atom. The van der Waals surface area contributed by atoms with Crippen molar-refractivity contribution in [2.24, 2.45) is 5.92 Å². The molecule has 0 unspecified atom stereocenters. The molecule has 1 fully saturated rings. The van der Waals surface area contributed by atoms with Gasteiger partial charge < -0.3 is 15.5 Å². The van der Waals surface area contributed by atoms with Crippen molar-refractivity contribution in [3.63, 3.8) is 0 Å². The van der Waals surface area contributed by atoms with Crippen LogP contribution in [0, 0.1) is 5.92 Å². The van der Waals surface area contributed by atoms with Gasteiger partial charge in [0.1, 0.15) is 0 Å². The summed E-state index contributed by atoms with van der Waals surface area (Å²) in [5.41, 5.74) is 0.563. The van der Waals surface area contributed by atoms with Gasteiger partial charge in [-0.15, -0.1) is 0 Å². The zero-order valence-electron chi connectivity index (χ0n) is 18.9. The van der Waals surface area contributed by atoms with Crippen LogP contribution >= 0.6 is 0 Å². The van der Waals surface area contributed by atoms with Gasteiger partial charge in [-0.05, 0) is 69.1 Å². The molecule has 1 aliphatic rings. The van der Waals surface area contributed by atoms with Gasteiger partial charge in [0.25, 0.3) is 0 Å². The molecule has 0 aromatic heterocycles. The first-order valence-electron chi connectivity index (χ1n) is 11.1. The first kappa shape index (κ1) is 25.3. The number of sulfonamides is 1. The third kappa shape index (κ3) is 7.90. The maximum atomic E-state index is 12.9. The number of nitrogens with zero attached hydrogens (tertiary/aromatic N) is 2. The molecule has 0 spiro atoms. The number of rotatable bonds is 11. The quantitative estimate of drug-likeness (QED) is 0.502. The number of anilines is 1. The molecule has 1 aromatic carbocycles. The van der Waals surface area contributed by atoms with Crippen molar-refractivity contribution in [2.45, 2.75) is 51.3 Å². The number of carbonyl (C=O) groups excluding carboxylic acids is 2. The van der Waals surface area contributed by atoms with Gasteiger partial charge in [0, 0.05) is 38.7 Å². The van der Waals surface area contributed by atoms with Gasteiger partial charge in [-0.25, -0.2) is 8.42 Å². The summed E-state index contributed by atoms with van der Waals surface area (Å²) in [5, 5.41) is 5.62. The van der Waals surface area contributed by atoms with E-state index in [4.69, 9.17) is 0 Å². The molecule has 0 radical (unpaired) electrons. The van der Waals surface area contributed by atoms with Crippen molar-refractivity contribution in [3.8, 4) is 0 Å². The molecule has 1 aromatic rings. The van der Waals surface area contributed by atoms with Crippen LogP contribution in [0.5, 0.6) is 0 Å². The molecule has 31 heavy (non-hydrogen) atoms. The van der Waals surface area contributed by atoms with E-state index in [2.05, 4.69) is 29.4 Å². The van der Waals surface area contributed by atoms with Crippen molar-refractivity contribution in [2.75, 3.05) is 44.6 Å². The monoisotopic (exact) mass is 452 g/mol. The number of amides is 2. The van der Waals surface area contributed by atoms with Gasteiger partial charge in [-0.3, -0.25) is 9.59 Å². The van der Waals surface area contributed by atoms with E-state index in [0.717, 1.165) is 26.1 Å². The number of carbonyl (C=O) groups is 2. The highest BCUT2D eigenvalue weighted by atomic mass is 32.2. The molecule has 2 amide bonds. The number of piperidine rings is 1. The van der Waals surface area contributed by atoms with E-state index in [1.807, 2.05) is 0 Å². The van der Waals surface area contributed by atoms with Crippen molar-refractivity contribution in [1.82, 2.24) is 14.5 Å². The second-order valence-electron chi connectivity index (χ2n) is 7.99. The van der Waals surface area contributed by atoms with Gasteiger partial charge >= 0.3 is 0 Å². The van der Waals surface area contributed by atoms with Crippen LogP contribution in [0.3, 0.4) is 0 Å². The summed E-state index contributed by atoms with van der Waals surface area (Å²) >= 11 is 0. The molecule has 0 saturated carbocycles. The number of hydrogen-bond donors (Lipinski definition) is 2. The Morgan fingerprint density at radius 2 is 1.71 bits per heavy atom. The Hall–Kier alpha value is -1.97. The largest absolute Gasteiger partial charge is 0.356 e. The average Bonchev–Trinajstić information content (AvgIpc) is 2.74. The Labute approximate surface area is 186 Å². The van der Waals surface area contributed by atoms with Gasteiger partial charge in [-0.2, -0.15) is 4.31 Å². The lowest BCUT2D eigenvalue weighted by Crippen LogP contribution is -2.39. The minimum atomic E-state index is -3.57. The van der Waals surface area contributed by atoms with Crippen molar-refractivity contribution in [1.29, 1.82) is 0 Å². The smallest absolute Gasteiger partial charge is 0.243 e. The summed E-state index contributed by atoms with van der Waals surface area (Å²) in [5.74, 6) is 0.0522. The molecule has 174 valence electrons. The maximum Gasteiger partial charge on any atom is 0.243 e. The zero-order valence-corrected chi connectivity index (χ0v) is 19.7. The van der Waals surface area contributed by atoms with E-state index in [9.17, 15) is 18.0 Å². The van der Waals surface area contributed by atoms with Gasteiger partial charge in [0.05, 0.1) is 4.90 Å². The Kier molecular flexibility index (Phi) is 9.93. The second-order valence-corrected chi connectivity index (χ2v) is 9.93. The second kappa shape index (κ2) is 12.2. The van der Waals surface area contributed by atoms with E-state index in [1.54, 1.807) is 12.1 Å². The molecule has 0 bridgehead atoms. The highest BCUT2D eigenvalue weighted by Gasteiger charge is 2.30. The molecular formula is C22H36N4O4S. The molecule has 2 rings (SSSR count). The molecule has 0 atom stereocenters. The summed E-state index contributed by atoms with van der Waals surface area (Å²) in [6, 6.07) is 6.20. The lowest BCUT2D eigenvalue weighted by atomic mass is 9.94. The van der Waals surface area contributed by atoms with Crippen LogP contribution in [0.4, 0.5) is 5.69 Å². The topological polar surface area (TPSA) is 98.8 Å². The number of nitrogens with one attached hydrogen (secondary N) is 2. The highest BCUT2D eigenvalue weighted by molar-refractivity contribution is 7.89. The molecule has 0 aliphatic carbocycles. The number of benzene rings is 1. The average molecular weight is 453 g/mol. The van der Waals surface area contributed by atoms with E-state index in [1.165, 1.54) is 23.4 Å². The summed E-state index contributed by atoms with van der Waals surface area (Å²) in [6.07, 6.45) is 2.74. The third-order valence-electron chi connectivity index (χ3n) is 5.73. The first-order valence-corrected chi connectivity index (χ1v) is 12.6. The maximum absolute atomic E-state index is 12.9. The molecule has 1 aliphatic heterocycles. The normalized spacial score (nSPS) is 15.7. The van der Waals surface area contributed by atoms with Crippen LogP contribution in [0.25, 0.3) is 0 Å². The summed E-state index contributed by atoms with van der Waals surface area (Å²) in [4.78, 5) is 25.9. The van der Waals surface area contributed by atoms with Gasteiger partial charge in [0.15, 0.2) is 0 Å². The minimum absolute atomic E-state index is 0.0504. The lowest BCUT2D eigenvalue weighted by molar-refractivity contribution is -0.122. The van der Waals surface area contributed by atoms with Crippen LogP contribution in [0.2, 0.25) is 0 Å². The van der Waals surface area contributed by atoms with E-state index in [-0.39, 0.29) is 22.6 Å². The molecule has 9 heteroatoms. The molecule has 1 heterocycles. The van der Waals surface area contributed by atoms with E-state index in [0.29, 0.717) is 44.6 Å². The fraction of sp³-hybridized carbons (Fsp3) is 0.636. The van der Waals surface area contributed by atoms with Crippen LogP contribution in [-0.4, -0.2) is 68.7 Å². The SMILES string of the molecule is CCN(CC)CCCNC(=O)CC1CCN(S(=O)(=O)c2ccc(NC(C)=O)cc2)CC1. The fourth-order valence-electron chi connectivity index (χ4n) is 3.82. The van der Waals surface area contributed by atoms with Crippen LogP contribution in [0.15, 0.2) is 29.2 Å². The highest BCUT2D eigenvalue weighted by Crippen LogP contribution is 2.26. The Bertz CT molecular complexity index is 814. The van der Waals surface area contributed by atoms with Crippen LogP contribution < -0.4 is 10.6 Å². The lowest BCUT2D eigenvalue weighted by Gasteiger charge is -2.31. The van der Waals surface area contributed by atoms with Crippen molar-refractivity contribution < 1.29 is 18.0 Å². The zero-order chi connectivity index (χ0) is 22.9. The van der Waals surface area contributed by atoms with Crippen LogP contribution in [0.1, 0.15) is 46.5 Å². The van der Waals surface area contributed by atoms with Crippen molar-refractivity contribution in [3.05, 3.63) is 24.3 Å². The predicted molar refractivity (Wildman–Crippen MR) is 122 cm³/mol. The summed E-state index contributed by atoms with van der Waals surface area (Å²) < 4.78 is 27.3.